The van der Waals surface area contributed by atoms with Crippen LogP contribution in [0.3, 0.4) is 0 Å². The molecule has 100 valence electrons. The molecule has 3 rings (SSSR count). The summed E-state index contributed by atoms with van der Waals surface area (Å²) < 4.78 is 28.0. The molecule has 5 heteroatoms. The van der Waals surface area contributed by atoms with Crippen molar-refractivity contribution in [3.8, 4) is 0 Å². The number of hydrogen-bond acceptors (Lipinski definition) is 2. The standard InChI is InChI=1S/C15H7BrF2OS/c16-10-6-9(11(17)7-12(10)18)15(19)14-5-8-3-1-2-4-13(8)20-14/h1-7H. The van der Waals surface area contributed by atoms with Crippen LogP contribution >= 0.6 is 27.3 Å². The fraction of sp³-hybridized carbons (Fsp3) is 0. The fourth-order valence-electron chi connectivity index (χ4n) is 1.92. The molecule has 3 aromatic rings. The molecule has 2 aromatic carbocycles. The van der Waals surface area contributed by atoms with E-state index < -0.39 is 17.4 Å². The van der Waals surface area contributed by atoms with Crippen LogP contribution in [-0.2, 0) is 0 Å². The molecule has 0 bridgehead atoms. The molecule has 1 aromatic heterocycles. The van der Waals surface area contributed by atoms with E-state index in [1.54, 1.807) is 6.07 Å². The van der Waals surface area contributed by atoms with E-state index in [1.807, 2.05) is 24.3 Å². The van der Waals surface area contributed by atoms with Gasteiger partial charge >= 0.3 is 0 Å². The quantitative estimate of drug-likeness (QED) is 0.459. The maximum absolute atomic E-state index is 13.7. The van der Waals surface area contributed by atoms with E-state index in [9.17, 15) is 13.6 Å². The van der Waals surface area contributed by atoms with Crippen LogP contribution in [0.25, 0.3) is 10.1 Å². The second kappa shape index (κ2) is 5.07. The average molecular weight is 353 g/mol. The summed E-state index contributed by atoms with van der Waals surface area (Å²) in [6, 6.07) is 11.1. The van der Waals surface area contributed by atoms with Crippen molar-refractivity contribution in [3.63, 3.8) is 0 Å². The molecule has 0 saturated carbocycles. The number of fused-ring (bicyclic) bond motifs is 1. The largest absolute Gasteiger partial charge is 0.288 e. The number of ketones is 1. The van der Waals surface area contributed by atoms with Crippen LogP contribution in [0.15, 0.2) is 46.9 Å². The third-order valence-corrected chi connectivity index (χ3v) is 4.63. The van der Waals surface area contributed by atoms with Crippen molar-refractivity contribution in [3.05, 3.63) is 69.0 Å². The first-order valence-corrected chi connectivity index (χ1v) is 7.35. The molecule has 1 heterocycles. The van der Waals surface area contributed by atoms with Gasteiger partial charge in [-0.15, -0.1) is 11.3 Å². The Balaban J connectivity index is 2.10. The molecule has 0 aliphatic carbocycles. The molecule has 0 amide bonds. The minimum Gasteiger partial charge on any atom is -0.288 e. The maximum atomic E-state index is 13.7. The molecule has 1 nitrogen and oxygen atoms in total. The highest BCUT2D eigenvalue weighted by molar-refractivity contribution is 9.10. The van der Waals surface area contributed by atoms with E-state index >= 15 is 0 Å². The van der Waals surface area contributed by atoms with E-state index in [-0.39, 0.29) is 10.0 Å². The number of carbonyl (C=O) groups is 1. The Bertz CT molecular complexity index is 793. The first-order chi connectivity index (χ1) is 9.56. The predicted octanol–water partition coefficient (Wildman–Crippen LogP) is 5.17. The molecule has 0 atom stereocenters. The van der Waals surface area contributed by atoms with Gasteiger partial charge in [0, 0.05) is 10.8 Å². The van der Waals surface area contributed by atoms with E-state index in [1.165, 1.54) is 17.4 Å². The van der Waals surface area contributed by atoms with Crippen LogP contribution in [-0.4, -0.2) is 5.78 Å². The number of benzene rings is 2. The molecule has 0 aliphatic heterocycles. The number of rotatable bonds is 2. The summed E-state index contributed by atoms with van der Waals surface area (Å²) in [6.07, 6.45) is 0. The van der Waals surface area contributed by atoms with Crippen LogP contribution in [0.5, 0.6) is 0 Å². The van der Waals surface area contributed by atoms with E-state index in [0.717, 1.165) is 10.1 Å². The first-order valence-electron chi connectivity index (χ1n) is 5.74. The molecule has 0 spiro atoms. The van der Waals surface area contributed by atoms with Gasteiger partial charge in [-0.3, -0.25) is 4.79 Å². The van der Waals surface area contributed by atoms with E-state index in [4.69, 9.17) is 0 Å². The summed E-state index contributed by atoms with van der Waals surface area (Å²) >= 11 is 4.26. The van der Waals surface area contributed by atoms with Gasteiger partial charge in [-0.25, -0.2) is 8.78 Å². The van der Waals surface area contributed by atoms with Gasteiger partial charge in [0.15, 0.2) is 0 Å². The number of thiophene rings is 1. The first kappa shape index (κ1) is 13.4. The monoisotopic (exact) mass is 352 g/mol. The Labute approximate surface area is 126 Å². The highest BCUT2D eigenvalue weighted by Crippen LogP contribution is 2.29. The third kappa shape index (κ3) is 2.27. The smallest absolute Gasteiger partial charge is 0.205 e. The zero-order valence-electron chi connectivity index (χ0n) is 9.99. The minimum atomic E-state index is -0.854. The molecular weight excluding hydrogens is 346 g/mol. The highest BCUT2D eigenvalue weighted by atomic mass is 79.9. The van der Waals surface area contributed by atoms with Gasteiger partial charge in [-0.05, 0) is 39.5 Å². The van der Waals surface area contributed by atoms with Crippen LogP contribution < -0.4 is 0 Å². The Morgan fingerprint density at radius 2 is 1.80 bits per heavy atom. The van der Waals surface area contributed by atoms with E-state index in [2.05, 4.69) is 15.9 Å². The molecule has 0 fully saturated rings. The summed E-state index contributed by atoms with van der Waals surface area (Å²) in [4.78, 5) is 12.8. The zero-order chi connectivity index (χ0) is 14.3. The van der Waals surface area contributed by atoms with Gasteiger partial charge < -0.3 is 0 Å². The van der Waals surface area contributed by atoms with Gasteiger partial charge in [-0.1, -0.05) is 18.2 Å². The topological polar surface area (TPSA) is 17.1 Å². The lowest BCUT2D eigenvalue weighted by Gasteiger charge is -2.02. The van der Waals surface area contributed by atoms with E-state index in [0.29, 0.717) is 10.9 Å². The van der Waals surface area contributed by atoms with Crippen LogP contribution in [0.1, 0.15) is 15.2 Å². The lowest BCUT2D eigenvalue weighted by Crippen LogP contribution is -2.03. The van der Waals surface area contributed by atoms with Crippen molar-refractivity contribution in [1.29, 1.82) is 0 Å². The average Bonchev–Trinajstić information content (AvgIpc) is 2.86. The molecule has 0 unspecified atom stereocenters. The fourth-order valence-corrected chi connectivity index (χ4v) is 3.28. The lowest BCUT2D eigenvalue weighted by atomic mass is 10.1. The summed E-state index contributed by atoms with van der Waals surface area (Å²) in [5, 5.41) is 0.933. The second-order valence-corrected chi connectivity index (χ2v) is 6.16. The molecule has 0 radical (unpaired) electrons. The molecule has 0 aliphatic rings. The van der Waals surface area contributed by atoms with Gasteiger partial charge in [-0.2, -0.15) is 0 Å². The summed E-state index contributed by atoms with van der Waals surface area (Å²) in [6.45, 7) is 0. The summed E-state index contributed by atoms with van der Waals surface area (Å²) in [5.74, 6) is -2.02. The molecular formula is C15H7BrF2OS. The molecule has 0 saturated heterocycles. The Morgan fingerprint density at radius 1 is 1.05 bits per heavy atom. The third-order valence-electron chi connectivity index (χ3n) is 2.90. The Kier molecular flexibility index (Phi) is 3.40. The van der Waals surface area contributed by atoms with Crippen LogP contribution in [0.4, 0.5) is 8.78 Å². The van der Waals surface area contributed by atoms with Gasteiger partial charge in [0.1, 0.15) is 11.6 Å². The van der Waals surface area contributed by atoms with Crippen molar-refractivity contribution < 1.29 is 13.6 Å². The van der Waals surface area contributed by atoms with Crippen molar-refractivity contribution in [1.82, 2.24) is 0 Å². The van der Waals surface area contributed by atoms with Crippen LogP contribution in [0.2, 0.25) is 0 Å². The second-order valence-electron chi connectivity index (χ2n) is 4.22. The van der Waals surface area contributed by atoms with Crippen LogP contribution in [0, 0.1) is 11.6 Å². The molecule has 0 N–H and O–H groups in total. The number of carbonyl (C=O) groups excluding carboxylic acids is 1. The van der Waals surface area contributed by atoms with Gasteiger partial charge in [0.05, 0.1) is 14.9 Å². The summed E-state index contributed by atoms with van der Waals surface area (Å²) in [5.41, 5.74) is -0.134. The maximum Gasteiger partial charge on any atom is 0.205 e. The van der Waals surface area contributed by atoms with Crippen molar-refractivity contribution in [2.24, 2.45) is 0 Å². The highest BCUT2D eigenvalue weighted by Gasteiger charge is 2.18. The van der Waals surface area contributed by atoms with Gasteiger partial charge in [0.2, 0.25) is 5.78 Å². The normalized spacial score (nSPS) is 10.9. The Hall–Kier alpha value is -1.59. The van der Waals surface area contributed by atoms with Crippen molar-refractivity contribution >= 4 is 43.1 Å². The SMILES string of the molecule is O=C(c1cc2ccccc2s1)c1cc(Br)c(F)cc1F. The summed E-state index contributed by atoms with van der Waals surface area (Å²) in [7, 11) is 0. The van der Waals surface area contributed by atoms with Gasteiger partial charge in [0.25, 0.3) is 0 Å². The van der Waals surface area contributed by atoms with Crippen molar-refractivity contribution in [2.75, 3.05) is 0 Å². The zero-order valence-corrected chi connectivity index (χ0v) is 12.4. The number of halogens is 3. The Morgan fingerprint density at radius 3 is 2.55 bits per heavy atom. The number of hydrogen-bond donors (Lipinski definition) is 0. The predicted molar refractivity (Wildman–Crippen MR) is 79.3 cm³/mol. The van der Waals surface area contributed by atoms with Crippen molar-refractivity contribution in [2.45, 2.75) is 0 Å². The minimum absolute atomic E-state index is 0.0726. The molecule has 20 heavy (non-hydrogen) atoms. The lowest BCUT2D eigenvalue weighted by molar-refractivity contribution is 0.103.